The third-order valence-electron chi connectivity index (χ3n) is 6.26. The number of carbonyl (C=O) groups excluding carboxylic acids is 2. The fraction of sp³-hybridized carbons (Fsp3) is 0.333. The quantitative estimate of drug-likeness (QED) is 0.357. The lowest BCUT2D eigenvalue weighted by Gasteiger charge is -2.29. The van der Waals surface area contributed by atoms with Gasteiger partial charge in [0.15, 0.2) is 0 Å². The standard InChI is InChI=1S/C30H34O7/c1-18(2)7-9-21-16-25(32)22(10-8-19(3)4)15-23(21)17-30(29(34)36-6)26(27(35-5)28(33)37-30)20-11-13-24(31)14-12-20/h7-8,11-16,31-32H,9-10,17H2,1-6H3/t30-/m1/s1. The van der Waals surface area contributed by atoms with Gasteiger partial charge in [-0.1, -0.05) is 41.5 Å². The molecule has 2 aromatic carbocycles. The summed E-state index contributed by atoms with van der Waals surface area (Å²) < 4.78 is 16.4. The molecule has 2 aromatic rings. The van der Waals surface area contributed by atoms with Gasteiger partial charge in [0.05, 0.1) is 19.8 Å². The molecule has 0 bridgehead atoms. The molecule has 1 aliphatic rings. The van der Waals surface area contributed by atoms with Crippen LogP contribution in [0.5, 0.6) is 11.5 Å². The van der Waals surface area contributed by atoms with E-state index < -0.39 is 17.5 Å². The second-order valence-electron chi connectivity index (χ2n) is 9.56. The Bertz CT molecular complexity index is 1270. The molecule has 0 amide bonds. The number of esters is 2. The van der Waals surface area contributed by atoms with Gasteiger partial charge in [0.25, 0.3) is 0 Å². The van der Waals surface area contributed by atoms with Gasteiger partial charge in [-0.15, -0.1) is 0 Å². The Morgan fingerprint density at radius 3 is 2.05 bits per heavy atom. The maximum Gasteiger partial charge on any atom is 0.375 e. The van der Waals surface area contributed by atoms with Crippen LogP contribution in [0.2, 0.25) is 0 Å². The molecule has 0 fully saturated rings. The van der Waals surface area contributed by atoms with E-state index in [4.69, 9.17) is 14.2 Å². The predicted molar refractivity (Wildman–Crippen MR) is 141 cm³/mol. The van der Waals surface area contributed by atoms with Crippen LogP contribution in [0.3, 0.4) is 0 Å². The van der Waals surface area contributed by atoms with E-state index in [1.807, 2.05) is 45.9 Å². The molecule has 7 nitrogen and oxygen atoms in total. The van der Waals surface area contributed by atoms with Crippen LogP contribution < -0.4 is 0 Å². The Kier molecular flexibility index (Phi) is 8.48. The van der Waals surface area contributed by atoms with Crippen molar-refractivity contribution >= 4 is 17.5 Å². The summed E-state index contributed by atoms with van der Waals surface area (Å²) >= 11 is 0. The molecule has 0 spiro atoms. The zero-order valence-corrected chi connectivity index (χ0v) is 22.2. The average Bonchev–Trinajstić information content (AvgIpc) is 3.14. The van der Waals surface area contributed by atoms with Crippen LogP contribution in [0.1, 0.15) is 49.9 Å². The van der Waals surface area contributed by atoms with E-state index >= 15 is 0 Å². The average molecular weight is 507 g/mol. The van der Waals surface area contributed by atoms with E-state index in [0.29, 0.717) is 24.0 Å². The summed E-state index contributed by atoms with van der Waals surface area (Å²) in [5.74, 6) is -1.47. The number of rotatable bonds is 9. The van der Waals surface area contributed by atoms with E-state index in [1.165, 1.54) is 26.4 Å². The molecular weight excluding hydrogens is 472 g/mol. The highest BCUT2D eigenvalue weighted by molar-refractivity contribution is 6.11. The van der Waals surface area contributed by atoms with E-state index in [9.17, 15) is 19.8 Å². The zero-order valence-electron chi connectivity index (χ0n) is 22.2. The second kappa shape index (κ2) is 11.4. The smallest absolute Gasteiger partial charge is 0.375 e. The minimum Gasteiger partial charge on any atom is -0.508 e. The van der Waals surface area contributed by atoms with Gasteiger partial charge in [-0.05, 0) is 81.0 Å². The van der Waals surface area contributed by atoms with Gasteiger partial charge in [-0.25, -0.2) is 9.59 Å². The Morgan fingerprint density at radius 2 is 1.51 bits per heavy atom. The summed E-state index contributed by atoms with van der Waals surface area (Å²) in [6, 6.07) is 9.64. The van der Waals surface area contributed by atoms with Gasteiger partial charge >= 0.3 is 11.9 Å². The molecule has 1 heterocycles. The molecule has 7 heteroatoms. The molecule has 37 heavy (non-hydrogen) atoms. The fourth-order valence-corrected chi connectivity index (χ4v) is 4.37. The maximum absolute atomic E-state index is 13.4. The summed E-state index contributed by atoms with van der Waals surface area (Å²) in [6.45, 7) is 7.92. The Hall–Kier alpha value is -4.00. The molecule has 2 N–H and O–H groups in total. The number of allylic oxidation sites excluding steroid dienone is 4. The summed E-state index contributed by atoms with van der Waals surface area (Å²) in [6.07, 6.45) is 5.00. The lowest BCUT2D eigenvalue weighted by molar-refractivity contribution is -0.169. The summed E-state index contributed by atoms with van der Waals surface area (Å²) in [7, 11) is 2.57. The molecule has 3 rings (SSSR count). The highest BCUT2D eigenvalue weighted by Gasteiger charge is 2.56. The van der Waals surface area contributed by atoms with Gasteiger partial charge in [0.2, 0.25) is 11.4 Å². The van der Waals surface area contributed by atoms with Crippen LogP contribution in [0, 0.1) is 0 Å². The van der Waals surface area contributed by atoms with Crippen LogP contribution in [0.4, 0.5) is 0 Å². The van der Waals surface area contributed by atoms with Crippen LogP contribution in [-0.4, -0.2) is 42.0 Å². The summed E-state index contributed by atoms with van der Waals surface area (Å²) in [4.78, 5) is 26.4. The molecule has 0 saturated heterocycles. The van der Waals surface area contributed by atoms with Crippen molar-refractivity contribution < 1.29 is 34.0 Å². The number of carbonyl (C=O) groups is 2. The molecule has 196 valence electrons. The van der Waals surface area contributed by atoms with Crippen molar-refractivity contribution in [3.05, 3.63) is 87.7 Å². The zero-order chi connectivity index (χ0) is 27.3. The van der Waals surface area contributed by atoms with E-state index in [-0.39, 0.29) is 29.3 Å². The lowest BCUT2D eigenvalue weighted by atomic mass is 9.81. The van der Waals surface area contributed by atoms with Gasteiger partial charge in [0.1, 0.15) is 11.5 Å². The van der Waals surface area contributed by atoms with Crippen molar-refractivity contribution in [2.75, 3.05) is 14.2 Å². The highest BCUT2D eigenvalue weighted by Crippen LogP contribution is 2.44. The fourth-order valence-electron chi connectivity index (χ4n) is 4.37. The number of phenolic OH excluding ortho intramolecular Hbond substituents is 2. The molecule has 0 aromatic heterocycles. The highest BCUT2D eigenvalue weighted by atomic mass is 16.6. The number of phenols is 2. The molecule has 0 unspecified atom stereocenters. The van der Waals surface area contributed by atoms with Crippen LogP contribution in [0.25, 0.3) is 5.57 Å². The van der Waals surface area contributed by atoms with E-state index in [0.717, 1.165) is 22.3 Å². The predicted octanol–water partition coefficient (Wildman–Crippen LogP) is 5.18. The van der Waals surface area contributed by atoms with Gasteiger partial charge in [-0.3, -0.25) is 0 Å². The number of ether oxygens (including phenoxy) is 3. The van der Waals surface area contributed by atoms with Crippen molar-refractivity contribution in [1.82, 2.24) is 0 Å². The van der Waals surface area contributed by atoms with Crippen molar-refractivity contribution in [1.29, 1.82) is 0 Å². The number of methoxy groups -OCH3 is 2. The first kappa shape index (κ1) is 27.6. The number of hydrogen-bond acceptors (Lipinski definition) is 7. The van der Waals surface area contributed by atoms with Gasteiger partial charge < -0.3 is 24.4 Å². The number of aromatic hydroxyl groups is 2. The van der Waals surface area contributed by atoms with Crippen LogP contribution >= 0.6 is 0 Å². The van der Waals surface area contributed by atoms with E-state index in [1.54, 1.807) is 18.2 Å². The van der Waals surface area contributed by atoms with Gasteiger partial charge in [-0.2, -0.15) is 0 Å². The van der Waals surface area contributed by atoms with Crippen molar-refractivity contribution in [3.8, 4) is 11.5 Å². The first-order valence-electron chi connectivity index (χ1n) is 12.0. The normalized spacial score (nSPS) is 16.8. The Balaban J connectivity index is 2.26. The Morgan fingerprint density at radius 1 is 0.919 bits per heavy atom. The summed E-state index contributed by atoms with van der Waals surface area (Å²) in [5.41, 5.74) is 3.25. The van der Waals surface area contributed by atoms with Crippen molar-refractivity contribution in [2.24, 2.45) is 0 Å². The Labute approximate surface area is 217 Å². The van der Waals surface area contributed by atoms with E-state index in [2.05, 4.69) is 0 Å². The summed E-state index contributed by atoms with van der Waals surface area (Å²) in [5, 5.41) is 20.6. The monoisotopic (exact) mass is 506 g/mol. The number of cyclic esters (lactones) is 1. The second-order valence-corrected chi connectivity index (χ2v) is 9.56. The number of benzene rings is 2. The molecule has 0 radical (unpaired) electrons. The van der Waals surface area contributed by atoms with Gasteiger partial charge in [0, 0.05) is 6.42 Å². The lowest BCUT2D eigenvalue weighted by Crippen LogP contribution is -2.44. The third-order valence-corrected chi connectivity index (χ3v) is 6.26. The van der Waals surface area contributed by atoms with Crippen LogP contribution in [-0.2, 0) is 43.1 Å². The number of hydrogen-bond donors (Lipinski definition) is 2. The molecule has 0 saturated carbocycles. The topological polar surface area (TPSA) is 102 Å². The third kappa shape index (κ3) is 5.88. The minimum atomic E-state index is -1.83. The molecular formula is C30H34O7. The minimum absolute atomic E-state index is 0.0312. The molecule has 1 aliphatic heterocycles. The maximum atomic E-state index is 13.4. The van der Waals surface area contributed by atoms with Crippen molar-refractivity contribution in [3.63, 3.8) is 0 Å². The largest absolute Gasteiger partial charge is 0.508 e. The first-order chi connectivity index (χ1) is 17.5. The molecule has 0 aliphatic carbocycles. The SMILES string of the molecule is COC(=O)[C@]1(Cc2cc(CC=C(C)C)c(O)cc2CC=C(C)C)OC(=O)C(OC)=C1c1ccc(O)cc1. The van der Waals surface area contributed by atoms with Crippen molar-refractivity contribution in [2.45, 2.75) is 52.6 Å². The molecule has 1 atom stereocenters. The van der Waals surface area contributed by atoms with Crippen LogP contribution in [0.15, 0.2) is 65.5 Å². The first-order valence-corrected chi connectivity index (χ1v) is 12.0.